The van der Waals surface area contributed by atoms with Gasteiger partial charge in [-0.1, -0.05) is 13.8 Å². The van der Waals surface area contributed by atoms with Crippen LogP contribution in [0.4, 0.5) is 0 Å². The highest BCUT2D eigenvalue weighted by molar-refractivity contribution is 5.82. The van der Waals surface area contributed by atoms with Crippen molar-refractivity contribution in [1.29, 1.82) is 0 Å². The molecule has 0 aliphatic carbocycles. The Morgan fingerprint density at radius 2 is 2.31 bits per heavy atom. The smallest absolute Gasteiger partial charge is 0.241 e. The molecule has 0 radical (unpaired) electrons. The summed E-state index contributed by atoms with van der Waals surface area (Å²) >= 11 is 0. The number of aliphatic hydroxyl groups excluding tert-OH is 1. The van der Waals surface area contributed by atoms with Gasteiger partial charge >= 0.3 is 0 Å². The van der Waals surface area contributed by atoms with Crippen molar-refractivity contribution >= 4 is 5.91 Å². The molecule has 4 nitrogen and oxygen atoms in total. The lowest BCUT2D eigenvalue weighted by molar-refractivity contribution is -0.137. The van der Waals surface area contributed by atoms with Crippen molar-refractivity contribution in [1.82, 2.24) is 10.2 Å². The number of carbonyl (C=O) groups excluding carboxylic acids is 1. The van der Waals surface area contributed by atoms with Crippen molar-refractivity contribution in [3.63, 3.8) is 0 Å². The van der Waals surface area contributed by atoms with E-state index < -0.39 is 6.04 Å². The molecule has 1 aliphatic rings. The lowest BCUT2D eigenvalue weighted by Gasteiger charge is -2.37. The SMILES string of the molecule is CC(C)C1CN(C)C(=O)C(CO)N1. The Morgan fingerprint density at radius 1 is 1.69 bits per heavy atom. The maximum Gasteiger partial charge on any atom is 0.241 e. The molecule has 0 saturated carbocycles. The molecule has 1 fully saturated rings. The summed E-state index contributed by atoms with van der Waals surface area (Å²) in [5, 5.41) is 12.1. The van der Waals surface area contributed by atoms with E-state index in [1.54, 1.807) is 11.9 Å². The van der Waals surface area contributed by atoms with Gasteiger partial charge in [-0.3, -0.25) is 10.1 Å². The highest BCUT2D eigenvalue weighted by Gasteiger charge is 2.32. The molecule has 0 aromatic rings. The van der Waals surface area contributed by atoms with Crippen LogP contribution >= 0.6 is 0 Å². The molecule has 2 unspecified atom stereocenters. The van der Waals surface area contributed by atoms with Gasteiger partial charge < -0.3 is 10.0 Å². The molecule has 1 rings (SSSR count). The molecular weight excluding hydrogens is 168 g/mol. The second kappa shape index (κ2) is 4.07. The first kappa shape index (κ1) is 10.5. The molecule has 0 aromatic carbocycles. The number of aliphatic hydroxyl groups is 1. The molecule has 1 saturated heterocycles. The van der Waals surface area contributed by atoms with Gasteiger partial charge in [0.05, 0.1) is 6.61 Å². The number of amides is 1. The fraction of sp³-hybridized carbons (Fsp3) is 0.889. The number of nitrogens with one attached hydrogen (secondary N) is 1. The van der Waals surface area contributed by atoms with Crippen LogP contribution in [0.15, 0.2) is 0 Å². The second-order valence-corrected chi connectivity index (χ2v) is 3.97. The quantitative estimate of drug-likeness (QED) is 0.607. The van der Waals surface area contributed by atoms with Gasteiger partial charge in [0.25, 0.3) is 0 Å². The molecule has 1 aliphatic heterocycles. The highest BCUT2D eigenvalue weighted by atomic mass is 16.3. The Labute approximate surface area is 78.9 Å². The largest absolute Gasteiger partial charge is 0.394 e. The Morgan fingerprint density at radius 3 is 2.77 bits per heavy atom. The summed E-state index contributed by atoms with van der Waals surface area (Å²) in [7, 11) is 1.78. The van der Waals surface area contributed by atoms with Crippen LogP contribution < -0.4 is 5.32 Å². The average molecular weight is 186 g/mol. The third kappa shape index (κ3) is 2.19. The number of hydrogen-bond acceptors (Lipinski definition) is 3. The molecule has 0 bridgehead atoms. The van der Waals surface area contributed by atoms with E-state index in [2.05, 4.69) is 19.2 Å². The zero-order valence-corrected chi connectivity index (χ0v) is 8.45. The van der Waals surface area contributed by atoms with E-state index in [1.165, 1.54) is 0 Å². The topological polar surface area (TPSA) is 52.6 Å². The van der Waals surface area contributed by atoms with Crippen molar-refractivity contribution in [3.05, 3.63) is 0 Å². The van der Waals surface area contributed by atoms with Crippen LogP contribution in [0, 0.1) is 5.92 Å². The monoisotopic (exact) mass is 186 g/mol. The molecule has 2 atom stereocenters. The summed E-state index contributed by atoms with van der Waals surface area (Å²) < 4.78 is 0. The van der Waals surface area contributed by atoms with Crippen molar-refractivity contribution in [2.24, 2.45) is 5.92 Å². The molecule has 0 spiro atoms. The van der Waals surface area contributed by atoms with E-state index in [0.717, 1.165) is 6.54 Å². The van der Waals surface area contributed by atoms with Crippen LogP contribution in [0.25, 0.3) is 0 Å². The third-order valence-corrected chi connectivity index (χ3v) is 2.55. The number of nitrogens with zero attached hydrogens (tertiary/aromatic N) is 1. The summed E-state index contributed by atoms with van der Waals surface area (Å²) in [6, 6.07) is -0.119. The summed E-state index contributed by atoms with van der Waals surface area (Å²) in [5.41, 5.74) is 0. The highest BCUT2D eigenvalue weighted by Crippen LogP contribution is 2.10. The van der Waals surface area contributed by atoms with Crippen LogP contribution in [0.2, 0.25) is 0 Å². The first-order valence-electron chi connectivity index (χ1n) is 4.68. The maximum atomic E-state index is 11.4. The molecular formula is C9H18N2O2. The van der Waals surface area contributed by atoms with Crippen molar-refractivity contribution in [2.45, 2.75) is 25.9 Å². The Hall–Kier alpha value is -0.610. The van der Waals surface area contributed by atoms with E-state index in [9.17, 15) is 4.79 Å². The minimum absolute atomic E-state index is 0.0144. The van der Waals surface area contributed by atoms with Crippen LogP contribution in [0.5, 0.6) is 0 Å². The summed E-state index contributed by atoms with van der Waals surface area (Å²) in [6.07, 6.45) is 0. The standard InChI is InChI=1S/C9H18N2O2/c1-6(2)7-4-11(3)9(13)8(5-12)10-7/h6-8,10,12H,4-5H2,1-3H3. The van der Waals surface area contributed by atoms with Gasteiger partial charge in [-0.05, 0) is 5.92 Å². The van der Waals surface area contributed by atoms with Gasteiger partial charge in [-0.25, -0.2) is 0 Å². The van der Waals surface area contributed by atoms with E-state index >= 15 is 0 Å². The van der Waals surface area contributed by atoms with Gasteiger partial charge in [-0.15, -0.1) is 0 Å². The Kier molecular flexibility index (Phi) is 3.27. The lowest BCUT2D eigenvalue weighted by Crippen LogP contribution is -2.61. The van der Waals surface area contributed by atoms with Gasteiger partial charge in [0.1, 0.15) is 6.04 Å². The molecule has 2 N–H and O–H groups in total. The number of piperazine rings is 1. The number of likely N-dealkylation sites (N-methyl/N-ethyl adjacent to an activating group) is 1. The summed E-state index contributed by atoms with van der Waals surface area (Å²) in [5.74, 6) is 0.462. The summed E-state index contributed by atoms with van der Waals surface area (Å²) in [6.45, 7) is 4.82. The van der Waals surface area contributed by atoms with Gasteiger partial charge in [0, 0.05) is 19.6 Å². The molecule has 0 aromatic heterocycles. The minimum Gasteiger partial charge on any atom is -0.394 e. The minimum atomic E-state index is -0.411. The molecule has 76 valence electrons. The van der Waals surface area contributed by atoms with Crippen molar-refractivity contribution in [2.75, 3.05) is 20.2 Å². The van der Waals surface area contributed by atoms with E-state index in [4.69, 9.17) is 5.11 Å². The van der Waals surface area contributed by atoms with Gasteiger partial charge in [0.2, 0.25) is 5.91 Å². The van der Waals surface area contributed by atoms with Gasteiger partial charge in [0.15, 0.2) is 0 Å². The lowest BCUT2D eigenvalue weighted by atomic mass is 9.99. The Balaban J connectivity index is 2.63. The zero-order valence-electron chi connectivity index (χ0n) is 8.45. The second-order valence-electron chi connectivity index (χ2n) is 3.97. The van der Waals surface area contributed by atoms with Gasteiger partial charge in [-0.2, -0.15) is 0 Å². The molecule has 1 heterocycles. The predicted octanol–water partition coefficient (Wildman–Crippen LogP) is -0.566. The fourth-order valence-electron chi connectivity index (χ4n) is 1.57. The molecule has 1 amide bonds. The number of carbonyl (C=O) groups is 1. The van der Waals surface area contributed by atoms with Crippen LogP contribution in [0.1, 0.15) is 13.8 Å². The molecule has 4 heteroatoms. The average Bonchev–Trinajstić information content (AvgIpc) is 2.09. The zero-order chi connectivity index (χ0) is 10.0. The Bertz CT molecular complexity index is 194. The van der Waals surface area contributed by atoms with Crippen LogP contribution in [-0.4, -0.2) is 48.2 Å². The maximum absolute atomic E-state index is 11.4. The number of rotatable bonds is 2. The van der Waals surface area contributed by atoms with Crippen molar-refractivity contribution < 1.29 is 9.90 Å². The third-order valence-electron chi connectivity index (χ3n) is 2.55. The normalized spacial score (nSPS) is 29.9. The van der Waals surface area contributed by atoms with E-state index in [1.807, 2.05) is 0 Å². The van der Waals surface area contributed by atoms with Crippen LogP contribution in [-0.2, 0) is 4.79 Å². The number of hydrogen-bond donors (Lipinski definition) is 2. The van der Waals surface area contributed by atoms with Crippen molar-refractivity contribution in [3.8, 4) is 0 Å². The first-order valence-corrected chi connectivity index (χ1v) is 4.68. The van der Waals surface area contributed by atoms with E-state index in [0.29, 0.717) is 12.0 Å². The van der Waals surface area contributed by atoms with E-state index in [-0.39, 0.29) is 12.5 Å². The summed E-state index contributed by atoms with van der Waals surface area (Å²) in [4.78, 5) is 13.1. The fourth-order valence-corrected chi connectivity index (χ4v) is 1.57. The predicted molar refractivity (Wildman–Crippen MR) is 50.3 cm³/mol. The first-order chi connectivity index (χ1) is 6.06. The molecule has 13 heavy (non-hydrogen) atoms. The van der Waals surface area contributed by atoms with Crippen LogP contribution in [0.3, 0.4) is 0 Å².